The van der Waals surface area contributed by atoms with Crippen molar-refractivity contribution in [3.63, 3.8) is 0 Å². The van der Waals surface area contributed by atoms with E-state index in [1.54, 1.807) is 12.5 Å². The lowest BCUT2D eigenvalue weighted by molar-refractivity contribution is 0.0990. The molecule has 4 heteroatoms. The van der Waals surface area contributed by atoms with E-state index >= 15 is 0 Å². The highest BCUT2D eigenvalue weighted by molar-refractivity contribution is 5.98. The number of nitrogens with zero attached hydrogens (tertiary/aromatic N) is 2. The highest BCUT2D eigenvalue weighted by Gasteiger charge is 2.08. The molecule has 4 nitrogen and oxygen atoms in total. The molecule has 1 aromatic heterocycles. The average molecular weight is 271 g/mol. The predicted molar refractivity (Wildman–Crippen MR) is 80.0 cm³/mol. The fraction of sp³-hybridized carbons (Fsp3) is 0.375. The summed E-state index contributed by atoms with van der Waals surface area (Å²) < 4.78 is 2.04. The van der Waals surface area contributed by atoms with Crippen LogP contribution in [0, 0.1) is 13.8 Å². The molecule has 0 bridgehead atoms. The minimum atomic E-state index is 0.158. The van der Waals surface area contributed by atoms with E-state index in [9.17, 15) is 4.79 Å². The van der Waals surface area contributed by atoms with Crippen molar-refractivity contribution in [2.24, 2.45) is 0 Å². The van der Waals surface area contributed by atoms with E-state index in [-0.39, 0.29) is 5.78 Å². The molecule has 0 atom stereocenters. The Bertz CT molecular complexity index is 561. The van der Waals surface area contributed by atoms with Crippen LogP contribution in [0.15, 0.2) is 36.9 Å². The van der Waals surface area contributed by atoms with E-state index in [2.05, 4.69) is 10.3 Å². The Balaban J connectivity index is 1.72. The third kappa shape index (κ3) is 4.03. The van der Waals surface area contributed by atoms with Gasteiger partial charge in [0.15, 0.2) is 5.78 Å². The van der Waals surface area contributed by atoms with Gasteiger partial charge in [0, 0.05) is 24.5 Å². The zero-order valence-electron chi connectivity index (χ0n) is 12.1. The molecule has 0 unspecified atom stereocenters. The summed E-state index contributed by atoms with van der Waals surface area (Å²) in [5.41, 5.74) is 3.06. The van der Waals surface area contributed by atoms with Crippen LogP contribution in [-0.4, -0.2) is 28.4 Å². The van der Waals surface area contributed by atoms with Gasteiger partial charge in [-0.1, -0.05) is 23.8 Å². The van der Waals surface area contributed by atoms with Gasteiger partial charge in [-0.2, -0.15) is 0 Å². The van der Waals surface area contributed by atoms with Gasteiger partial charge < -0.3 is 9.88 Å². The van der Waals surface area contributed by atoms with Crippen LogP contribution in [-0.2, 0) is 6.54 Å². The predicted octanol–water partition coefficient (Wildman–Crippen LogP) is 2.36. The lowest BCUT2D eigenvalue weighted by Gasteiger charge is -2.08. The quantitative estimate of drug-likeness (QED) is 0.621. The van der Waals surface area contributed by atoms with Crippen molar-refractivity contribution in [1.29, 1.82) is 0 Å². The second kappa shape index (κ2) is 7.01. The highest BCUT2D eigenvalue weighted by atomic mass is 16.1. The number of nitrogens with one attached hydrogen (secondary N) is 1. The fourth-order valence-electron chi connectivity index (χ4n) is 2.23. The molecule has 1 heterocycles. The molecule has 1 N–H and O–H groups in total. The van der Waals surface area contributed by atoms with Crippen LogP contribution in [0.2, 0.25) is 0 Å². The number of ketones is 1. The van der Waals surface area contributed by atoms with Gasteiger partial charge in [-0.15, -0.1) is 0 Å². The SMILES string of the molecule is Cc1ccc(C(=O)CNCCCn2ccnc2)c(C)c1. The molecular formula is C16H21N3O. The van der Waals surface area contributed by atoms with Gasteiger partial charge in [0.25, 0.3) is 0 Å². The van der Waals surface area contributed by atoms with E-state index in [1.807, 2.05) is 42.8 Å². The van der Waals surface area contributed by atoms with Crippen LogP contribution < -0.4 is 5.32 Å². The zero-order valence-corrected chi connectivity index (χ0v) is 12.1. The maximum absolute atomic E-state index is 12.1. The summed E-state index contributed by atoms with van der Waals surface area (Å²) in [5, 5.41) is 3.20. The van der Waals surface area contributed by atoms with E-state index in [0.29, 0.717) is 6.54 Å². The van der Waals surface area contributed by atoms with Gasteiger partial charge in [0.1, 0.15) is 0 Å². The van der Waals surface area contributed by atoms with Crippen LogP contribution in [0.3, 0.4) is 0 Å². The monoisotopic (exact) mass is 271 g/mol. The molecule has 0 amide bonds. The molecule has 0 spiro atoms. The van der Waals surface area contributed by atoms with Crippen molar-refractivity contribution in [2.45, 2.75) is 26.8 Å². The van der Waals surface area contributed by atoms with Crippen molar-refractivity contribution in [3.8, 4) is 0 Å². The Hall–Kier alpha value is -1.94. The number of carbonyl (C=O) groups excluding carboxylic acids is 1. The molecule has 2 rings (SSSR count). The largest absolute Gasteiger partial charge is 0.337 e. The zero-order chi connectivity index (χ0) is 14.4. The first-order valence-corrected chi connectivity index (χ1v) is 6.94. The maximum atomic E-state index is 12.1. The van der Waals surface area contributed by atoms with E-state index in [4.69, 9.17) is 0 Å². The summed E-state index contributed by atoms with van der Waals surface area (Å²) in [6.07, 6.45) is 6.51. The third-order valence-corrected chi connectivity index (χ3v) is 3.30. The smallest absolute Gasteiger partial charge is 0.176 e. The normalized spacial score (nSPS) is 10.7. The average Bonchev–Trinajstić information content (AvgIpc) is 2.91. The Labute approximate surface area is 119 Å². The molecule has 0 aliphatic rings. The molecular weight excluding hydrogens is 250 g/mol. The standard InChI is InChI=1S/C16H21N3O/c1-13-4-5-15(14(2)10-13)16(20)11-17-6-3-8-19-9-7-18-12-19/h4-5,7,9-10,12,17H,3,6,8,11H2,1-2H3. The molecule has 2 aromatic rings. The van der Waals surface area contributed by atoms with Gasteiger partial charge in [-0.05, 0) is 32.4 Å². The number of hydrogen-bond donors (Lipinski definition) is 1. The van der Waals surface area contributed by atoms with Crippen molar-refractivity contribution in [2.75, 3.05) is 13.1 Å². The van der Waals surface area contributed by atoms with Crippen molar-refractivity contribution in [3.05, 3.63) is 53.6 Å². The summed E-state index contributed by atoms with van der Waals surface area (Å²) in [4.78, 5) is 16.1. The minimum absolute atomic E-state index is 0.158. The van der Waals surface area contributed by atoms with Crippen LogP contribution >= 0.6 is 0 Å². The van der Waals surface area contributed by atoms with Gasteiger partial charge in [0.05, 0.1) is 12.9 Å². The van der Waals surface area contributed by atoms with Gasteiger partial charge >= 0.3 is 0 Å². The fourth-order valence-corrected chi connectivity index (χ4v) is 2.23. The molecule has 0 saturated carbocycles. The second-order valence-electron chi connectivity index (χ2n) is 5.07. The van der Waals surface area contributed by atoms with Gasteiger partial charge in [-0.25, -0.2) is 4.98 Å². The molecule has 1 aromatic carbocycles. The molecule has 0 saturated heterocycles. The summed E-state index contributed by atoms with van der Waals surface area (Å²) in [6, 6.07) is 5.95. The van der Waals surface area contributed by atoms with Crippen molar-refractivity contribution in [1.82, 2.24) is 14.9 Å². The Morgan fingerprint density at radius 2 is 2.20 bits per heavy atom. The third-order valence-electron chi connectivity index (χ3n) is 3.30. The van der Waals surface area contributed by atoms with Crippen LogP contribution in [0.4, 0.5) is 0 Å². The number of Topliss-reactive ketones (excluding diaryl/α,β-unsaturated/α-hetero) is 1. The Morgan fingerprint density at radius 3 is 2.90 bits per heavy atom. The molecule has 0 fully saturated rings. The number of carbonyl (C=O) groups is 1. The Morgan fingerprint density at radius 1 is 1.35 bits per heavy atom. The number of rotatable bonds is 7. The first kappa shape index (κ1) is 14.5. The number of imidazole rings is 1. The number of benzene rings is 1. The summed E-state index contributed by atoms with van der Waals surface area (Å²) in [5.74, 6) is 0.158. The number of aromatic nitrogens is 2. The first-order valence-electron chi connectivity index (χ1n) is 6.94. The molecule has 0 aliphatic carbocycles. The summed E-state index contributed by atoms with van der Waals surface area (Å²) in [6.45, 7) is 6.17. The molecule has 20 heavy (non-hydrogen) atoms. The Kier molecular flexibility index (Phi) is 5.07. The van der Waals surface area contributed by atoms with Crippen molar-refractivity contribution >= 4 is 5.78 Å². The van der Waals surface area contributed by atoms with Crippen LogP contribution in [0.25, 0.3) is 0 Å². The second-order valence-corrected chi connectivity index (χ2v) is 5.07. The lowest BCUT2D eigenvalue weighted by Crippen LogP contribution is -2.25. The molecule has 0 radical (unpaired) electrons. The molecule has 0 aliphatic heterocycles. The van der Waals surface area contributed by atoms with Crippen LogP contribution in [0.1, 0.15) is 27.9 Å². The van der Waals surface area contributed by atoms with Gasteiger partial charge in [-0.3, -0.25) is 4.79 Å². The van der Waals surface area contributed by atoms with E-state index < -0.39 is 0 Å². The minimum Gasteiger partial charge on any atom is -0.337 e. The maximum Gasteiger partial charge on any atom is 0.176 e. The summed E-state index contributed by atoms with van der Waals surface area (Å²) >= 11 is 0. The van der Waals surface area contributed by atoms with Gasteiger partial charge in [0.2, 0.25) is 0 Å². The topological polar surface area (TPSA) is 46.9 Å². The van der Waals surface area contributed by atoms with Crippen molar-refractivity contribution < 1.29 is 4.79 Å². The first-order chi connectivity index (χ1) is 9.66. The number of aryl methyl sites for hydroxylation is 3. The van der Waals surface area contributed by atoms with Crippen LogP contribution in [0.5, 0.6) is 0 Å². The van der Waals surface area contributed by atoms with E-state index in [1.165, 1.54) is 5.56 Å². The number of hydrogen-bond acceptors (Lipinski definition) is 3. The highest BCUT2D eigenvalue weighted by Crippen LogP contribution is 2.10. The van der Waals surface area contributed by atoms with E-state index in [0.717, 1.165) is 30.6 Å². The molecule has 106 valence electrons. The summed E-state index contributed by atoms with van der Waals surface area (Å²) in [7, 11) is 0. The lowest BCUT2D eigenvalue weighted by atomic mass is 10.0.